The van der Waals surface area contributed by atoms with E-state index in [0.29, 0.717) is 0 Å². The minimum absolute atomic E-state index is 0.805. The minimum Gasteiger partial charge on any atom is -0.132 e. The van der Waals surface area contributed by atoms with Crippen LogP contribution in [0.3, 0.4) is 0 Å². The summed E-state index contributed by atoms with van der Waals surface area (Å²) in [5, 5.41) is 0. The molecule has 0 bridgehead atoms. The molecule has 0 aliphatic heterocycles. The summed E-state index contributed by atoms with van der Waals surface area (Å²) in [5.41, 5.74) is 3.29. The molecule has 0 fully saturated rings. The SMILES string of the molecule is C[Si](C)(C)C#CCPBr. The molecule has 0 aromatic carbocycles. The highest BCUT2D eigenvalue weighted by Gasteiger charge is 2.06. The monoisotopic (exact) mass is 222 g/mol. The minimum atomic E-state index is -1.07. The van der Waals surface area contributed by atoms with Gasteiger partial charge in [-0.15, -0.1) is 11.5 Å². The van der Waals surface area contributed by atoms with E-state index < -0.39 is 8.07 Å². The van der Waals surface area contributed by atoms with Crippen LogP contribution in [0.25, 0.3) is 0 Å². The topological polar surface area (TPSA) is 0 Å². The van der Waals surface area contributed by atoms with Gasteiger partial charge in [0.05, 0.1) is 0 Å². The second-order valence-electron chi connectivity index (χ2n) is 2.86. The predicted octanol–water partition coefficient (Wildman–Crippen LogP) is 2.86. The zero-order valence-corrected chi connectivity index (χ0v) is 9.67. The number of halogens is 1. The molecule has 52 valence electrons. The molecule has 0 aromatic heterocycles. The van der Waals surface area contributed by atoms with Crippen molar-refractivity contribution in [3.8, 4) is 11.5 Å². The van der Waals surface area contributed by atoms with Crippen molar-refractivity contribution >= 4 is 30.8 Å². The van der Waals surface area contributed by atoms with Gasteiger partial charge < -0.3 is 0 Å². The van der Waals surface area contributed by atoms with Crippen LogP contribution in [0.2, 0.25) is 19.6 Å². The van der Waals surface area contributed by atoms with Gasteiger partial charge in [-0.3, -0.25) is 0 Å². The summed E-state index contributed by atoms with van der Waals surface area (Å²) in [6.07, 6.45) is 1.02. The second kappa shape index (κ2) is 4.49. The Labute approximate surface area is 68.3 Å². The maximum Gasteiger partial charge on any atom is 0.129 e. The van der Waals surface area contributed by atoms with Crippen molar-refractivity contribution < 1.29 is 0 Å². The van der Waals surface area contributed by atoms with Gasteiger partial charge in [0.25, 0.3) is 0 Å². The molecule has 0 saturated carbocycles. The third kappa shape index (κ3) is 8.69. The first kappa shape index (κ1) is 9.69. The molecule has 0 aromatic rings. The Bertz CT molecular complexity index is 128. The average Bonchev–Trinajstić information content (AvgIpc) is 1.63. The normalized spacial score (nSPS) is 11.6. The molecule has 1 unspecified atom stereocenters. The molecule has 0 nitrogen and oxygen atoms in total. The third-order valence-corrected chi connectivity index (χ3v) is 2.70. The van der Waals surface area contributed by atoms with E-state index >= 15 is 0 Å². The predicted molar refractivity (Wildman–Crippen MR) is 53.2 cm³/mol. The Morgan fingerprint density at radius 3 is 2.33 bits per heavy atom. The van der Waals surface area contributed by atoms with E-state index in [1.165, 1.54) is 0 Å². The molecular formula is C6H12BrPSi. The summed E-state index contributed by atoms with van der Waals surface area (Å²) in [5.74, 6) is 3.15. The van der Waals surface area contributed by atoms with Crippen molar-refractivity contribution in [3.05, 3.63) is 0 Å². The summed E-state index contributed by atoms with van der Waals surface area (Å²) in [6, 6.07) is 0. The molecule has 0 spiro atoms. The molecule has 3 heteroatoms. The van der Waals surface area contributed by atoms with E-state index in [1.807, 2.05) is 0 Å². The Balaban J connectivity index is 3.59. The smallest absolute Gasteiger partial charge is 0.129 e. The van der Waals surface area contributed by atoms with E-state index in [-0.39, 0.29) is 0 Å². The summed E-state index contributed by atoms with van der Waals surface area (Å²) in [6.45, 7) is 6.78. The van der Waals surface area contributed by atoms with Gasteiger partial charge in [0.15, 0.2) is 0 Å². The maximum atomic E-state index is 3.36. The van der Waals surface area contributed by atoms with Crippen molar-refractivity contribution in [1.29, 1.82) is 0 Å². The van der Waals surface area contributed by atoms with Crippen molar-refractivity contribution in [3.63, 3.8) is 0 Å². The fraction of sp³-hybridized carbons (Fsp3) is 0.667. The highest BCUT2D eigenvalue weighted by Crippen LogP contribution is 2.17. The Kier molecular flexibility index (Phi) is 4.84. The lowest BCUT2D eigenvalue weighted by Crippen LogP contribution is -2.16. The van der Waals surface area contributed by atoms with Gasteiger partial charge in [-0.2, -0.15) is 0 Å². The lowest BCUT2D eigenvalue weighted by atomic mass is 10.8. The molecule has 0 heterocycles. The van der Waals surface area contributed by atoms with Gasteiger partial charge >= 0.3 is 0 Å². The zero-order chi connectivity index (χ0) is 7.33. The van der Waals surface area contributed by atoms with Crippen LogP contribution in [-0.4, -0.2) is 14.2 Å². The molecule has 0 rings (SSSR count). The lowest BCUT2D eigenvalue weighted by Gasteiger charge is -2.02. The van der Waals surface area contributed by atoms with Crippen LogP contribution in [0.4, 0.5) is 0 Å². The molecular weight excluding hydrogens is 211 g/mol. The van der Waals surface area contributed by atoms with E-state index in [9.17, 15) is 0 Å². The standard InChI is InChI=1S/C6H12BrPSi/c1-9(2,3)6-4-5-8-7/h8H,5H2,1-3H3. The largest absolute Gasteiger partial charge is 0.132 e. The fourth-order valence-corrected chi connectivity index (χ4v) is 1.71. The highest BCUT2D eigenvalue weighted by atomic mass is 79.9. The summed E-state index contributed by atoms with van der Waals surface area (Å²) in [4.78, 5) is 0. The van der Waals surface area contributed by atoms with Crippen molar-refractivity contribution in [2.24, 2.45) is 0 Å². The van der Waals surface area contributed by atoms with Gasteiger partial charge in [-0.25, -0.2) is 0 Å². The van der Waals surface area contributed by atoms with Crippen LogP contribution in [0.15, 0.2) is 0 Å². The summed E-state index contributed by atoms with van der Waals surface area (Å²) in [7, 11) is -0.267. The molecule has 0 saturated heterocycles. The van der Waals surface area contributed by atoms with Crippen LogP contribution in [0.5, 0.6) is 0 Å². The van der Waals surface area contributed by atoms with Crippen LogP contribution < -0.4 is 0 Å². The molecule has 0 radical (unpaired) electrons. The number of rotatable bonds is 1. The quantitative estimate of drug-likeness (QED) is 0.364. The zero-order valence-electron chi connectivity index (χ0n) is 6.09. The van der Waals surface area contributed by atoms with Crippen molar-refractivity contribution in [2.75, 3.05) is 6.16 Å². The van der Waals surface area contributed by atoms with Gasteiger partial charge in [-0.1, -0.05) is 35.1 Å². The number of hydrogen-bond donors (Lipinski definition) is 0. The lowest BCUT2D eigenvalue weighted by molar-refractivity contribution is 1.80. The first-order valence-corrected chi connectivity index (χ1v) is 9.86. The number of hydrogen-bond acceptors (Lipinski definition) is 0. The van der Waals surface area contributed by atoms with Crippen molar-refractivity contribution in [2.45, 2.75) is 19.6 Å². The Hall–Kier alpha value is 0.687. The highest BCUT2D eigenvalue weighted by molar-refractivity contribution is 9.36. The Morgan fingerprint density at radius 1 is 1.44 bits per heavy atom. The van der Waals surface area contributed by atoms with Gasteiger partial charge in [0, 0.05) is 6.16 Å². The van der Waals surface area contributed by atoms with Crippen molar-refractivity contribution in [1.82, 2.24) is 0 Å². The van der Waals surface area contributed by atoms with E-state index in [0.717, 1.165) is 13.4 Å². The van der Waals surface area contributed by atoms with E-state index in [1.54, 1.807) is 0 Å². The van der Waals surface area contributed by atoms with Gasteiger partial charge in [0.2, 0.25) is 0 Å². The third-order valence-electron chi connectivity index (χ3n) is 0.619. The maximum absolute atomic E-state index is 3.36. The molecule has 0 N–H and O–H groups in total. The van der Waals surface area contributed by atoms with Crippen LogP contribution in [0.1, 0.15) is 0 Å². The van der Waals surface area contributed by atoms with E-state index in [2.05, 4.69) is 46.6 Å². The first-order valence-electron chi connectivity index (χ1n) is 2.90. The van der Waals surface area contributed by atoms with Gasteiger partial charge in [-0.05, 0) is 7.28 Å². The van der Waals surface area contributed by atoms with Crippen LogP contribution in [0, 0.1) is 11.5 Å². The molecule has 0 amide bonds. The Morgan fingerprint density at radius 2 is 2.00 bits per heavy atom. The molecule has 9 heavy (non-hydrogen) atoms. The van der Waals surface area contributed by atoms with Gasteiger partial charge in [0.1, 0.15) is 8.07 Å². The van der Waals surface area contributed by atoms with Crippen LogP contribution in [-0.2, 0) is 0 Å². The summed E-state index contributed by atoms with van der Waals surface area (Å²) < 4.78 is 0. The molecule has 0 aliphatic rings. The van der Waals surface area contributed by atoms with Crippen LogP contribution >= 0.6 is 22.8 Å². The average molecular weight is 223 g/mol. The molecule has 1 atom stereocenters. The second-order valence-corrected chi connectivity index (χ2v) is 9.92. The molecule has 0 aliphatic carbocycles. The fourth-order valence-electron chi connectivity index (χ4n) is 0.343. The van der Waals surface area contributed by atoms with E-state index in [4.69, 9.17) is 0 Å². The first-order chi connectivity index (χ1) is 4.06. The summed E-state index contributed by atoms with van der Waals surface area (Å²) >= 11 is 3.36.